The summed E-state index contributed by atoms with van der Waals surface area (Å²) in [5.74, 6) is -0.893. The van der Waals surface area contributed by atoms with Crippen LogP contribution in [0.5, 0.6) is 0 Å². The van der Waals surface area contributed by atoms with Crippen LogP contribution in [0, 0.1) is 24.1 Å². The lowest BCUT2D eigenvalue weighted by Gasteiger charge is -2.17. The summed E-state index contributed by atoms with van der Waals surface area (Å²) >= 11 is 0. The molecule has 6 rings (SSSR count). The Bertz CT molecular complexity index is 1590. The van der Waals surface area contributed by atoms with Gasteiger partial charge in [-0.15, -0.1) is 0 Å². The lowest BCUT2D eigenvalue weighted by atomic mass is 9.97. The number of nitrogens with one attached hydrogen (secondary N) is 1. The minimum absolute atomic E-state index is 0.148. The zero-order valence-corrected chi connectivity index (χ0v) is 20.1. The summed E-state index contributed by atoms with van der Waals surface area (Å²) in [6, 6.07) is 9.55. The first kappa shape index (κ1) is 23.3. The number of carbonyl (C=O) groups is 1. The fraction of sp³-hybridized carbons (Fsp3) is 0.308. The van der Waals surface area contributed by atoms with E-state index in [0.717, 1.165) is 5.56 Å². The number of benzene rings is 1. The molecule has 3 aromatic heterocycles. The average molecular weight is 503 g/mol. The van der Waals surface area contributed by atoms with E-state index < -0.39 is 30.2 Å². The van der Waals surface area contributed by atoms with E-state index in [1.54, 1.807) is 48.4 Å². The van der Waals surface area contributed by atoms with Gasteiger partial charge in [0.15, 0.2) is 5.69 Å². The van der Waals surface area contributed by atoms with Crippen LogP contribution in [-0.4, -0.2) is 67.7 Å². The van der Waals surface area contributed by atoms with Gasteiger partial charge >= 0.3 is 0 Å². The van der Waals surface area contributed by atoms with Gasteiger partial charge in [-0.05, 0) is 30.7 Å². The number of aryl methyl sites for hydroxylation is 2. The van der Waals surface area contributed by atoms with Crippen molar-refractivity contribution in [3.05, 3.63) is 65.5 Å². The topological polar surface area (TPSA) is 127 Å². The number of ether oxygens (including phenoxy) is 2. The molecule has 10 nitrogen and oxygen atoms in total. The smallest absolute Gasteiger partial charge is 0.251 e. The molecule has 2 aliphatic rings. The van der Waals surface area contributed by atoms with Crippen LogP contribution in [0.1, 0.15) is 21.7 Å². The Morgan fingerprint density at radius 1 is 1.24 bits per heavy atom. The molecule has 2 aliphatic heterocycles. The number of hydrogen-bond acceptors (Lipinski definition) is 7. The van der Waals surface area contributed by atoms with Gasteiger partial charge in [-0.1, -0.05) is 12.1 Å². The SMILES string of the molecule is Cc1nn(C)cc1-c1cccc(F)c1-c1nc2cc(C(=O)N[C@H]3CO[C@H]4[C@@H]3OC[C@H]4O)ccn2c1C#N. The minimum Gasteiger partial charge on any atom is -0.388 e. The molecule has 37 heavy (non-hydrogen) atoms. The van der Waals surface area contributed by atoms with E-state index >= 15 is 4.39 Å². The van der Waals surface area contributed by atoms with Gasteiger partial charge in [0.25, 0.3) is 5.91 Å². The van der Waals surface area contributed by atoms with Crippen molar-refractivity contribution >= 4 is 11.6 Å². The average Bonchev–Trinajstić information content (AvgIpc) is 3.63. The molecule has 1 aromatic carbocycles. The van der Waals surface area contributed by atoms with Crippen molar-refractivity contribution in [1.29, 1.82) is 5.26 Å². The summed E-state index contributed by atoms with van der Waals surface area (Å²) in [7, 11) is 1.78. The van der Waals surface area contributed by atoms with E-state index in [4.69, 9.17) is 9.47 Å². The summed E-state index contributed by atoms with van der Waals surface area (Å²) in [6.45, 7) is 2.23. The predicted molar refractivity (Wildman–Crippen MR) is 129 cm³/mol. The molecule has 4 aromatic rings. The summed E-state index contributed by atoms with van der Waals surface area (Å²) in [5, 5.41) is 27.2. The molecule has 0 spiro atoms. The molecule has 5 heterocycles. The highest BCUT2D eigenvalue weighted by atomic mass is 19.1. The molecule has 1 amide bonds. The number of carbonyl (C=O) groups excluding carboxylic acids is 1. The number of hydrogen-bond donors (Lipinski definition) is 2. The Kier molecular flexibility index (Phi) is 5.52. The number of halogens is 1. The molecule has 0 bridgehead atoms. The lowest BCUT2D eigenvalue weighted by Crippen LogP contribution is -2.44. The van der Waals surface area contributed by atoms with Gasteiger partial charge in [0.05, 0.1) is 24.9 Å². The standard InChI is InChI=1S/C26H23FN6O4/c1-13-16(10-32(2)31-13)15-4-3-5-17(27)22(15)23-19(9-28)33-7-6-14(8-21(33)30-23)26(35)29-18-11-36-25-20(34)12-37-24(18)25/h3-8,10,18,20,24-25,34H,11-12H2,1-2H3,(H,29,35)/t18-,20+,24+,25+/m0/s1. The van der Waals surface area contributed by atoms with E-state index in [2.05, 4.69) is 21.5 Å². The third kappa shape index (κ3) is 3.77. The van der Waals surface area contributed by atoms with Gasteiger partial charge in [0.2, 0.25) is 0 Å². The first-order valence-electron chi connectivity index (χ1n) is 11.8. The minimum atomic E-state index is -0.713. The maximum absolute atomic E-state index is 15.3. The molecule has 2 saturated heterocycles. The summed E-state index contributed by atoms with van der Waals surface area (Å²) < 4.78 is 29.6. The highest BCUT2D eigenvalue weighted by Gasteiger charge is 2.47. The number of pyridine rings is 1. The van der Waals surface area contributed by atoms with Crippen molar-refractivity contribution in [2.75, 3.05) is 13.2 Å². The van der Waals surface area contributed by atoms with Gasteiger partial charge < -0.3 is 19.9 Å². The van der Waals surface area contributed by atoms with E-state index in [9.17, 15) is 15.2 Å². The number of aliphatic hydroxyl groups excluding tert-OH is 1. The van der Waals surface area contributed by atoms with Crippen molar-refractivity contribution in [3.63, 3.8) is 0 Å². The monoisotopic (exact) mass is 502 g/mol. The molecule has 0 aliphatic carbocycles. The van der Waals surface area contributed by atoms with Gasteiger partial charge in [0, 0.05) is 36.1 Å². The van der Waals surface area contributed by atoms with Gasteiger partial charge in [-0.25, -0.2) is 9.37 Å². The molecule has 0 saturated carbocycles. The molecule has 11 heteroatoms. The normalized spacial score (nSPS) is 22.8. The number of nitriles is 1. The van der Waals surface area contributed by atoms with Crippen LogP contribution in [0.2, 0.25) is 0 Å². The van der Waals surface area contributed by atoms with Crippen LogP contribution >= 0.6 is 0 Å². The number of rotatable bonds is 4. The molecule has 188 valence electrons. The van der Waals surface area contributed by atoms with Crippen LogP contribution < -0.4 is 5.32 Å². The molecule has 2 fully saturated rings. The van der Waals surface area contributed by atoms with Crippen LogP contribution in [0.4, 0.5) is 4.39 Å². The fourth-order valence-electron chi connectivity index (χ4n) is 5.17. The molecule has 0 unspecified atom stereocenters. The highest BCUT2D eigenvalue weighted by molar-refractivity contribution is 5.95. The summed E-state index contributed by atoms with van der Waals surface area (Å²) in [5.41, 5.74) is 3.17. The van der Waals surface area contributed by atoms with E-state index in [1.165, 1.54) is 10.5 Å². The molecule has 2 N–H and O–H groups in total. The Balaban J connectivity index is 1.38. The number of aliphatic hydroxyl groups is 1. The molecule has 0 radical (unpaired) electrons. The number of imidazole rings is 1. The second kappa shape index (κ2) is 8.77. The van der Waals surface area contributed by atoms with Crippen molar-refractivity contribution < 1.29 is 23.8 Å². The maximum Gasteiger partial charge on any atom is 0.251 e. The maximum atomic E-state index is 15.3. The first-order valence-corrected chi connectivity index (χ1v) is 11.8. The first-order chi connectivity index (χ1) is 17.9. The Labute approximate surface area is 210 Å². The third-order valence-corrected chi connectivity index (χ3v) is 6.89. The second-order valence-corrected chi connectivity index (χ2v) is 9.27. The van der Waals surface area contributed by atoms with Crippen molar-refractivity contribution in [3.8, 4) is 28.5 Å². The Hall–Kier alpha value is -4.11. The van der Waals surface area contributed by atoms with Crippen LogP contribution in [0.15, 0.2) is 42.7 Å². The number of fused-ring (bicyclic) bond motifs is 2. The molecular weight excluding hydrogens is 479 g/mol. The van der Waals surface area contributed by atoms with Crippen molar-refractivity contribution in [2.24, 2.45) is 7.05 Å². The largest absolute Gasteiger partial charge is 0.388 e. The van der Waals surface area contributed by atoms with Crippen molar-refractivity contribution in [1.82, 2.24) is 24.5 Å². The number of nitrogens with zero attached hydrogens (tertiary/aromatic N) is 5. The van der Waals surface area contributed by atoms with Gasteiger partial charge in [-0.2, -0.15) is 10.4 Å². The Morgan fingerprint density at radius 3 is 2.81 bits per heavy atom. The zero-order chi connectivity index (χ0) is 25.8. The summed E-state index contributed by atoms with van der Waals surface area (Å²) in [6.07, 6.45) is 1.77. The van der Waals surface area contributed by atoms with Crippen molar-refractivity contribution in [2.45, 2.75) is 31.3 Å². The van der Waals surface area contributed by atoms with Gasteiger partial charge in [0.1, 0.15) is 41.5 Å². The molecule has 4 atom stereocenters. The zero-order valence-electron chi connectivity index (χ0n) is 20.1. The molecular formula is C26H23FN6O4. The fourth-order valence-corrected chi connectivity index (χ4v) is 5.17. The quantitative estimate of drug-likeness (QED) is 0.437. The van der Waals surface area contributed by atoms with E-state index in [1.807, 2.05) is 6.92 Å². The second-order valence-electron chi connectivity index (χ2n) is 9.27. The predicted octanol–water partition coefficient (Wildman–Crippen LogP) is 1.98. The van der Waals surface area contributed by atoms with E-state index in [0.29, 0.717) is 22.5 Å². The van der Waals surface area contributed by atoms with Gasteiger partial charge in [-0.3, -0.25) is 13.9 Å². The van der Waals surface area contributed by atoms with Crippen LogP contribution in [0.3, 0.4) is 0 Å². The highest BCUT2D eigenvalue weighted by Crippen LogP contribution is 2.37. The summed E-state index contributed by atoms with van der Waals surface area (Å²) in [4.78, 5) is 17.6. The van der Waals surface area contributed by atoms with E-state index in [-0.39, 0.29) is 36.1 Å². The van der Waals surface area contributed by atoms with Crippen LogP contribution in [-0.2, 0) is 16.5 Å². The third-order valence-electron chi connectivity index (χ3n) is 6.89. The number of amides is 1. The number of aromatic nitrogens is 4. The van der Waals surface area contributed by atoms with Crippen LogP contribution in [0.25, 0.3) is 28.0 Å². The Morgan fingerprint density at radius 2 is 2.05 bits per heavy atom. The lowest BCUT2D eigenvalue weighted by molar-refractivity contribution is 0.0178.